The number of nitrogens with zero attached hydrogens (tertiary/aromatic N) is 4. The van der Waals surface area contributed by atoms with Crippen molar-refractivity contribution in [1.82, 2.24) is 14.2 Å². The van der Waals surface area contributed by atoms with Gasteiger partial charge in [0.25, 0.3) is 5.91 Å². The molecule has 1 amide bonds. The molecular formula is C23H24N4O6S. The topological polar surface area (TPSA) is 123 Å². The first kappa shape index (κ1) is 23.6. The van der Waals surface area contributed by atoms with Crippen molar-refractivity contribution < 1.29 is 22.9 Å². The van der Waals surface area contributed by atoms with Gasteiger partial charge in [0.1, 0.15) is 0 Å². The van der Waals surface area contributed by atoms with E-state index in [1.165, 1.54) is 23.5 Å². The van der Waals surface area contributed by atoms with E-state index in [-0.39, 0.29) is 42.7 Å². The summed E-state index contributed by atoms with van der Waals surface area (Å²) in [4.78, 5) is 29.9. The molecule has 1 fully saturated rings. The first-order valence-corrected chi connectivity index (χ1v) is 12.1. The lowest BCUT2D eigenvalue weighted by atomic mass is 10.0. The van der Waals surface area contributed by atoms with E-state index < -0.39 is 20.6 Å². The Bertz CT molecular complexity index is 1400. The third-order valence-corrected chi connectivity index (χ3v) is 7.73. The van der Waals surface area contributed by atoms with Crippen LogP contribution < -0.4 is 4.74 Å². The van der Waals surface area contributed by atoms with Crippen molar-refractivity contribution in [3.63, 3.8) is 0 Å². The Kier molecular flexibility index (Phi) is 6.24. The van der Waals surface area contributed by atoms with E-state index in [2.05, 4.69) is 4.98 Å². The van der Waals surface area contributed by atoms with Crippen LogP contribution in [-0.2, 0) is 10.0 Å². The second kappa shape index (κ2) is 8.99. The Balaban J connectivity index is 1.55. The summed E-state index contributed by atoms with van der Waals surface area (Å²) in [6.45, 7) is 4.33. The highest BCUT2D eigenvalue weighted by Crippen LogP contribution is 2.31. The largest absolute Gasteiger partial charge is 0.490 e. The average Bonchev–Trinajstić information content (AvgIpc) is 2.83. The summed E-state index contributed by atoms with van der Waals surface area (Å²) in [7, 11) is -2.70. The van der Waals surface area contributed by atoms with Gasteiger partial charge in [0.2, 0.25) is 10.0 Å². The standard InChI is InChI=1S/C23H24N4O6S/c1-15-4-6-20-18(12-15)19(13-16(2)24-20)23(28)25-8-10-26(11-9-25)34(31,32)17-5-7-22(33-3)21(14-17)27(29)30/h4-7,12-14H,8-11H2,1-3H3. The molecule has 4 rings (SSSR count). The number of ether oxygens (including phenoxy) is 1. The molecule has 0 spiro atoms. The predicted octanol–water partition coefficient (Wildman–Crippen LogP) is 2.92. The van der Waals surface area contributed by atoms with E-state index in [0.717, 1.165) is 28.2 Å². The van der Waals surface area contributed by atoms with Gasteiger partial charge in [-0.05, 0) is 44.2 Å². The van der Waals surface area contributed by atoms with Crippen LogP contribution in [0.5, 0.6) is 5.75 Å². The number of fused-ring (bicyclic) bond motifs is 1. The maximum atomic E-state index is 13.3. The third kappa shape index (κ3) is 4.31. The quantitative estimate of drug-likeness (QED) is 0.403. The highest BCUT2D eigenvalue weighted by molar-refractivity contribution is 7.89. The first-order valence-electron chi connectivity index (χ1n) is 10.6. The highest BCUT2D eigenvalue weighted by atomic mass is 32.2. The van der Waals surface area contributed by atoms with Crippen LogP contribution in [0, 0.1) is 24.0 Å². The minimum atomic E-state index is -3.98. The number of piperazine rings is 1. The fraction of sp³-hybridized carbons (Fsp3) is 0.304. The van der Waals surface area contributed by atoms with E-state index in [9.17, 15) is 23.3 Å². The summed E-state index contributed by atoms with van der Waals surface area (Å²) in [6, 6.07) is 11.1. The molecular weight excluding hydrogens is 460 g/mol. The van der Waals surface area contributed by atoms with Gasteiger partial charge >= 0.3 is 5.69 Å². The number of benzene rings is 2. The SMILES string of the molecule is COc1ccc(S(=O)(=O)N2CCN(C(=O)c3cc(C)nc4ccc(C)cc34)CC2)cc1[N+](=O)[O-]. The Morgan fingerprint density at radius 1 is 1.06 bits per heavy atom. The zero-order chi connectivity index (χ0) is 24.6. The van der Waals surface area contributed by atoms with Crippen LogP contribution in [0.25, 0.3) is 10.9 Å². The van der Waals surface area contributed by atoms with Crippen molar-refractivity contribution >= 4 is 32.5 Å². The van der Waals surface area contributed by atoms with E-state index in [0.29, 0.717) is 5.56 Å². The number of carbonyl (C=O) groups excluding carboxylic acids is 1. The van der Waals surface area contributed by atoms with Gasteiger partial charge in [-0.3, -0.25) is 19.9 Å². The number of carbonyl (C=O) groups is 1. The van der Waals surface area contributed by atoms with Crippen LogP contribution in [0.1, 0.15) is 21.6 Å². The Hall–Kier alpha value is -3.57. The van der Waals surface area contributed by atoms with Gasteiger partial charge in [-0.15, -0.1) is 0 Å². The minimum Gasteiger partial charge on any atom is -0.490 e. The number of amides is 1. The maximum absolute atomic E-state index is 13.3. The summed E-state index contributed by atoms with van der Waals surface area (Å²) >= 11 is 0. The molecule has 1 aromatic heterocycles. The number of pyridine rings is 1. The second-order valence-corrected chi connectivity index (χ2v) is 10.1. The van der Waals surface area contributed by atoms with Gasteiger partial charge in [0.15, 0.2) is 5.75 Å². The number of nitro groups is 1. The molecule has 0 aliphatic carbocycles. The molecule has 0 saturated carbocycles. The molecule has 0 radical (unpaired) electrons. The molecule has 1 aliphatic heterocycles. The predicted molar refractivity (Wildman–Crippen MR) is 126 cm³/mol. The lowest BCUT2D eigenvalue weighted by molar-refractivity contribution is -0.386. The fourth-order valence-corrected chi connectivity index (χ4v) is 5.52. The molecule has 3 aromatic rings. The summed E-state index contributed by atoms with van der Waals surface area (Å²) in [5, 5.41) is 12.1. The molecule has 0 bridgehead atoms. The molecule has 2 heterocycles. The number of hydrogen-bond donors (Lipinski definition) is 0. The van der Waals surface area contributed by atoms with Gasteiger partial charge in [-0.1, -0.05) is 11.6 Å². The van der Waals surface area contributed by atoms with Crippen LogP contribution >= 0.6 is 0 Å². The molecule has 11 heteroatoms. The zero-order valence-electron chi connectivity index (χ0n) is 19.0. The molecule has 1 aliphatic rings. The van der Waals surface area contributed by atoms with Crippen molar-refractivity contribution in [2.45, 2.75) is 18.7 Å². The Morgan fingerprint density at radius 3 is 2.41 bits per heavy atom. The fourth-order valence-electron chi connectivity index (χ4n) is 4.07. The smallest absolute Gasteiger partial charge is 0.312 e. The van der Waals surface area contributed by atoms with Crippen molar-refractivity contribution in [1.29, 1.82) is 0 Å². The van der Waals surface area contributed by atoms with Crippen molar-refractivity contribution in [3.05, 3.63) is 69.4 Å². The molecule has 1 saturated heterocycles. The molecule has 0 N–H and O–H groups in total. The van der Waals surface area contributed by atoms with Gasteiger partial charge in [0.05, 0.1) is 28.0 Å². The summed E-state index contributed by atoms with van der Waals surface area (Å²) < 4.78 is 32.4. The second-order valence-electron chi connectivity index (χ2n) is 8.12. The number of sulfonamides is 1. The molecule has 34 heavy (non-hydrogen) atoms. The van der Waals surface area contributed by atoms with Crippen LogP contribution in [0.3, 0.4) is 0 Å². The van der Waals surface area contributed by atoms with E-state index >= 15 is 0 Å². The van der Waals surface area contributed by atoms with Crippen molar-refractivity contribution in [2.24, 2.45) is 0 Å². The summed E-state index contributed by atoms with van der Waals surface area (Å²) in [5.74, 6) is -0.201. The van der Waals surface area contributed by atoms with Gasteiger partial charge in [0, 0.05) is 43.3 Å². The van der Waals surface area contributed by atoms with Crippen molar-refractivity contribution in [2.75, 3.05) is 33.3 Å². The Morgan fingerprint density at radius 2 is 1.76 bits per heavy atom. The van der Waals surface area contributed by atoms with Crippen molar-refractivity contribution in [3.8, 4) is 5.75 Å². The van der Waals surface area contributed by atoms with Gasteiger partial charge in [-0.2, -0.15) is 4.31 Å². The number of nitro benzene ring substituents is 1. The normalized spacial score (nSPS) is 14.9. The molecule has 2 aromatic carbocycles. The average molecular weight is 485 g/mol. The lowest BCUT2D eigenvalue weighted by Gasteiger charge is -2.34. The summed E-state index contributed by atoms with van der Waals surface area (Å²) in [6.07, 6.45) is 0. The molecule has 10 nitrogen and oxygen atoms in total. The number of aromatic nitrogens is 1. The van der Waals surface area contributed by atoms with Crippen LogP contribution in [-0.4, -0.2) is 66.7 Å². The van der Waals surface area contributed by atoms with Gasteiger partial charge < -0.3 is 9.64 Å². The van der Waals surface area contributed by atoms with E-state index in [1.54, 1.807) is 11.0 Å². The first-order chi connectivity index (χ1) is 16.1. The van der Waals surface area contributed by atoms with E-state index in [4.69, 9.17) is 4.74 Å². The minimum absolute atomic E-state index is 0.0190. The monoisotopic (exact) mass is 484 g/mol. The zero-order valence-corrected chi connectivity index (χ0v) is 19.8. The number of methoxy groups -OCH3 is 1. The number of aryl methyl sites for hydroxylation is 2. The van der Waals surface area contributed by atoms with Crippen LogP contribution in [0.4, 0.5) is 5.69 Å². The van der Waals surface area contributed by atoms with Gasteiger partial charge in [-0.25, -0.2) is 8.42 Å². The number of rotatable bonds is 5. The Labute approximate surface area is 197 Å². The lowest BCUT2D eigenvalue weighted by Crippen LogP contribution is -2.50. The third-order valence-electron chi connectivity index (χ3n) is 5.83. The molecule has 0 unspecified atom stereocenters. The maximum Gasteiger partial charge on any atom is 0.312 e. The van der Waals surface area contributed by atoms with Crippen LogP contribution in [0.15, 0.2) is 47.4 Å². The van der Waals surface area contributed by atoms with E-state index in [1.807, 2.05) is 32.0 Å². The molecule has 178 valence electrons. The highest BCUT2D eigenvalue weighted by Gasteiger charge is 2.32. The number of hydrogen-bond acceptors (Lipinski definition) is 7. The molecule has 0 atom stereocenters. The van der Waals surface area contributed by atoms with Crippen LogP contribution in [0.2, 0.25) is 0 Å². The summed E-state index contributed by atoms with van der Waals surface area (Å²) in [5.41, 5.74) is 2.58.